The van der Waals surface area contributed by atoms with Gasteiger partial charge in [0.2, 0.25) is 5.91 Å². The minimum absolute atomic E-state index is 0.160. The fraction of sp³-hybridized carbons (Fsp3) is 0.938. The van der Waals surface area contributed by atoms with Gasteiger partial charge in [0.1, 0.15) is 0 Å². The van der Waals surface area contributed by atoms with Crippen molar-refractivity contribution in [1.82, 2.24) is 5.32 Å². The molecule has 2 rings (SSSR count). The van der Waals surface area contributed by atoms with Crippen molar-refractivity contribution in [2.75, 3.05) is 0 Å². The molecule has 0 aromatic carbocycles. The summed E-state index contributed by atoms with van der Waals surface area (Å²) in [5.41, 5.74) is 6.10. The average Bonchev–Trinajstić information content (AvgIpc) is 2.42. The highest BCUT2D eigenvalue weighted by molar-refractivity contribution is 5.79. The lowest BCUT2D eigenvalue weighted by atomic mass is 9.78. The second-order valence-corrected chi connectivity index (χ2v) is 6.80. The number of hydrogen-bond donors (Lipinski definition) is 2. The Labute approximate surface area is 117 Å². The van der Waals surface area contributed by atoms with Gasteiger partial charge in [-0.3, -0.25) is 4.79 Å². The Kier molecular flexibility index (Phi) is 5.26. The summed E-state index contributed by atoms with van der Waals surface area (Å²) in [6.07, 6.45) is 9.19. The highest BCUT2D eigenvalue weighted by Crippen LogP contribution is 2.30. The van der Waals surface area contributed by atoms with Crippen LogP contribution in [-0.4, -0.2) is 18.0 Å². The van der Waals surface area contributed by atoms with E-state index in [1.165, 1.54) is 25.7 Å². The van der Waals surface area contributed by atoms with Crippen LogP contribution in [0.3, 0.4) is 0 Å². The molecule has 3 N–H and O–H groups in total. The van der Waals surface area contributed by atoms with Gasteiger partial charge in [-0.1, -0.05) is 33.1 Å². The van der Waals surface area contributed by atoms with Crippen LogP contribution in [0.5, 0.6) is 0 Å². The fourth-order valence-electron chi connectivity index (χ4n) is 3.71. The first kappa shape index (κ1) is 14.8. The summed E-state index contributed by atoms with van der Waals surface area (Å²) in [7, 11) is 0. The van der Waals surface area contributed by atoms with Crippen LogP contribution in [0.15, 0.2) is 0 Å². The third kappa shape index (κ3) is 3.95. The predicted molar refractivity (Wildman–Crippen MR) is 78.7 cm³/mol. The van der Waals surface area contributed by atoms with Gasteiger partial charge in [-0.05, 0) is 43.9 Å². The smallest absolute Gasteiger partial charge is 0.223 e. The van der Waals surface area contributed by atoms with Crippen molar-refractivity contribution in [3.63, 3.8) is 0 Å². The van der Waals surface area contributed by atoms with E-state index in [1.54, 1.807) is 0 Å². The van der Waals surface area contributed by atoms with Crippen LogP contribution in [0.4, 0.5) is 0 Å². The second-order valence-electron chi connectivity index (χ2n) is 6.80. The van der Waals surface area contributed by atoms with Gasteiger partial charge >= 0.3 is 0 Å². The number of nitrogens with two attached hydrogens (primary N) is 1. The molecule has 5 atom stereocenters. The number of hydrogen-bond acceptors (Lipinski definition) is 2. The molecule has 2 fully saturated rings. The molecule has 0 spiro atoms. The van der Waals surface area contributed by atoms with E-state index in [1.807, 2.05) is 0 Å². The molecule has 1 amide bonds. The van der Waals surface area contributed by atoms with Gasteiger partial charge < -0.3 is 11.1 Å². The summed E-state index contributed by atoms with van der Waals surface area (Å²) >= 11 is 0. The minimum atomic E-state index is 0.160. The van der Waals surface area contributed by atoms with Gasteiger partial charge in [-0.25, -0.2) is 0 Å². The van der Waals surface area contributed by atoms with Gasteiger partial charge in [0.05, 0.1) is 0 Å². The standard InChI is InChI=1S/C16H30N2O/c1-3-12-5-4-6-14(9-12)18-16(19)13-8-7-11(2)15(17)10-13/h11-15H,3-10,17H2,1-2H3,(H,18,19). The highest BCUT2D eigenvalue weighted by Gasteiger charge is 2.31. The molecular formula is C16H30N2O. The Morgan fingerprint density at radius 2 is 2.00 bits per heavy atom. The summed E-state index contributed by atoms with van der Waals surface area (Å²) in [6.45, 7) is 4.46. The number of nitrogens with one attached hydrogen (secondary N) is 1. The molecule has 5 unspecified atom stereocenters. The molecule has 2 aliphatic carbocycles. The van der Waals surface area contributed by atoms with Crippen LogP contribution in [-0.2, 0) is 4.79 Å². The molecule has 110 valence electrons. The van der Waals surface area contributed by atoms with E-state index >= 15 is 0 Å². The van der Waals surface area contributed by atoms with Crippen molar-refractivity contribution in [2.24, 2.45) is 23.5 Å². The summed E-state index contributed by atoms with van der Waals surface area (Å²) in [6, 6.07) is 0.626. The molecule has 0 heterocycles. The highest BCUT2D eigenvalue weighted by atomic mass is 16.1. The predicted octanol–water partition coefficient (Wildman–Crippen LogP) is 2.83. The van der Waals surface area contributed by atoms with E-state index < -0.39 is 0 Å². The van der Waals surface area contributed by atoms with E-state index in [4.69, 9.17) is 5.73 Å². The van der Waals surface area contributed by atoms with Crippen molar-refractivity contribution in [3.8, 4) is 0 Å². The quantitative estimate of drug-likeness (QED) is 0.825. The third-order valence-corrected chi connectivity index (χ3v) is 5.34. The van der Waals surface area contributed by atoms with Crippen LogP contribution in [0.2, 0.25) is 0 Å². The minimum Gasteiger partial charge on any atom is -0.353 e. The van der Waals surface area contributed by atoms with Crippen molar-refractivity contribution in [3.05, 3.63) is 0 Å². The summed E-state index contributed by atoms with van der Waals surface area (Å²) < 4.78 is 0. The van der Waals surface area contributed by atoms with Crippen molar-refractivity contribution >= 4 is 5.91 Å². The van der Waals surface area contributed by atoms with Crippen molar-refractivity contribution in [1.29, 1.82) is 0 Å². The molecule has 0 aromatic heterocycles. The third-order valence-electron chi connectivity index (χ3n) is 5.34. The molecule has 0 aromatic rings. The molecule has 0 saturated heterocycles. The first-order chi connectivity index (χ1) is 9.10. The fourth-order valence-corrected chi connectivity index (χ4v) is 3.71. The van der Waals surface area contributed by atoms with Gasteiger partial charge in [-0.15, -0.1) is 0 Å². The van der Waals surface area contributed by atoms with Crippen LogP contribution >= 0.6 is 0 Å². The van der Waals surface area contributed by atoms with E-state index in [0.717, 1.165) is 31.6 Å². The van der Waals surface area contributed by atoms with E-state index in [2.05, 4.69) is 19.2 Å². The Morgan fingerprint density at radius 3 is 2.68 bits per heavy atom. The van der Waals surface area contributed by atoms with Crippen LogP contribution in [0.25, 0.3) is 0 Å². The second kappa shape index (κ2) is 6.74. The van der Waals surface area contributed by atoms with Gasteiger partial charge in [0.25, 0.3) is 0 Å². The topological polar surface area (TPSA) is 55.1 Å². The summed E-state index contributed by atoms with van der Waals surface area (Å²) in [4.78, 5) is 12.3. The normalized spacial score (nSPS) is 39.8. The molecule has 3 nitrogen and oxygen atoms in total. The van der Waals surface area contributed by atoms with E-state index in [-0.39, 0.29) is 17.9 Å². The number of rotatable bonds is 3. The zero-order chi connectivity index (χ0) is 13.8. The number of carbonyl (C=O) groups is 1. The number of amides is 1. The van der Waals surface area contributed by atoms with E-state index in [9.17, 15) is 4.79 Å². The maximum absolute atomic E-state index is 12.3. The lowest BCUT2D eigenvalue weighted by Gasteiger charge is -2.34. The molecular weight excluding hydrogens is 236 g/mol. The summed E-state index contributed by atoms with van der Waals surface area (Å²) in [5, 5.41) is 3.29. The Bertz CT molecular complexity index is 305. The number of carbonyl (C=O) groups excluding carboxylic acids is 1. The van der Waals surface area contributed by atoms with E-state index in [0.29, 0.717) is 12.0 Å². The summed E-state index contributed by atoms with van der Waals surface area (Å²) in [5.74, 6) is 1.81. The first-order valence-electron chi connectivity index (χ1n) is 8.16. The maximum Gasteiger partial charge on any atom is 0.223 e. The monoisotopic (exact) mass is 266 g/mol. The Balaban J connectivity index is 1.80. The van der Waals surface area contributed by atoms with Crippen molar-refractivity contribution < 1.29 is 4.79 Å². The lowest BCUT2D eigenvalue weighted by molar-refractivity contribution is -0.127. The zero-order valence-corrected chi connectivity index (χ0v) is 12.5. The molecule has 0 bridgehead atoms. The van der Waals surface area contributed by atoms with Gasteiger partial charge in [0.15, 0.2) is 0 Å². The largest absolute Gasteiger partial charge is 0.353 e. The molecule has 0 radical (unpaired) electrons. The van der Waals surface area contributed by atoms with Gasteiger partial charge in [0, 0.05) is 18.0 Å². The zero-order valence-electron chi connectivity index (χ0n) is 12.5. The lowest BCUT2D eigenvalue weighted by Crippen LogP contribution is -2.45. The first-order valence-corrected chi connectivity index (χ1v) is 8.16. The Hall–Kier alpha value is -0.570. The molecule has 0 aliphatic heterocycles. The molecule has 3 heteroatoms. The van der Waals surface area contributed by atoms with Crippen LogP contribution in [0, 0.1) is 17.8 Å². The SMILES string of the molecule is CCC1CCCC(NC(=O)C2CCC(C)C(N)C2)C1. The molecule has 2 saturated carbocycles. The van der Waals surface area contributed by atoms with Crippen molar-refractivity contribution in [2.45, 2.75) is 77.3 Å². The molecule has 19 heavy (non-hydrogen) atoms. The molecule has 2 aliphatic rings. The van der Waals surface area contributed by atoms with Crippen LogP contribution in [0.1, 0.15) is 65.2 Å². The Morgan fingerprint density at radius 1 is 1.21 bits per heavy atom. The maximum atomic E-state index is 12.3. The van der Waals surface area contributed by atoms with Gasteiger partial charge in [-0.2, -0.15) is 0 Å². The van der Waals surface area contributed by atoms with Crippen LogP contribution < -0.4 is 11.1 Å². The average molecular weight is 266 g/mol.